The van der Waals surface area contributed by atoms with Gasteiger partial charge in [-0.05, 0) is 25.2 Å². The number of hydrogen-bond acceptors (Lipinski definition) is 4. The van der Waals surface area contributed by atoms with Crippen molar-refractivity contribution in [3.05, 3.63) is 0 Å². The Labute approximate surface area is 102 Å². The number of hydrogen-bond donors (Lipinski definition) is 0. The Bertz CT molecular complexity index is 349. The van der Waals surface area contributed by atoms with Crippen molar-refractivity contribution in [2.45, 2.75) is 45.3 Å². The second kappa shape index (κ2) is 4.09. The van der Waals surface area contributed by atoms with Crippen molar-refractivity contribution in [1.82, 2.24) is 0 Å². The van der Waals surface area contributed by atoms with E-state index in [2.05, 4.69) is 13.8 Å². The molecular formula is C13H20O4. The molecule has 0 aromatic rings. The molecular weight excluding hydrogens is 220 g/mol. The first-order valence-electron chi connectivity index (χ1n) is 6.16. The van der Waals surface area contributed by atoms with E-state index >= 15 is 0 Å². The molecule has 0 aromatic carbocycles. The van der Waals surface area contributed by atoms with E-state index in [9.17, 15) is 9.59 Å². The fourth-order valence-corrected chi connectivity index (χ4v) is 3.18. The Balaban J connectivity index is 2.30. The van der Waals surface area contributed by atoms with Gasteiger partial charge in [-0.25, -0.2) is 0 Å². The average molecular weight is 240 g/mol. The summed E-state index contributed by atoms with van der Waals surface area (Å²) in [6.07, 6.45) is 0.884. The number of esters is 1. The standard InChI is InChI=1S/C13H20O4/c1-7(2)8-5-13(3)6-9(14)10(11(8)17-13)12(15)16-4/h7-8,10-11H,5-6H2,1-4H3/t8-,10+,11+,13-/m0/s1. The maximum Gasteiger partial charge on any atom is 0.318 e. The molecule has 0 amide bonds. The molecule has 2 fully saturated rings. The van der Waals surface area contributed by atoms with Crippen molar-refractivity contribution >= 4 is 11.8 Å². The van der Waals surface area contributed by atoms with Crippen molar-refractivity contribution in [2.75, 3.05) is 7.11 Å². The van der Waals surface area contributed by atoms with Crippen LogP contribution in [0.4, 0.5) is 0 Å². The van der Waals surface area contributed by atoms with Gasteiger partial charge in [0.15, 0.2) is 5.78 Å². The summed E-state index contributed by atoms with van der Waals surface area (Å²) in [5.41, 5.74) is -0.374. The van der Waals surface area contributed by atoms with Gasteiger partial charge in [-0.3, -0.25) is 9.59 Å². The van der Waals surface area contributed by atoms with Gasteiger partial charge in [-0.2, -0.15) is 0 Å². The number of carbonyl (C=O) groups is 2. The number of rotatable bonds is 2. The number of ether oxygens (including phenoxy) is 2. The van der Waals surface area contributed by atoms with E-state index in [1.54, 1.807) is 0 Å². The number of ketones is 1. The minimum Gasteiger partial charge on any atom is -0.468 e. The van der Waals surface area contributed by atoms with E-state index < -0.39 is 11.9 Å². The Morgan fingerprint density at radius 3 is 2.71 bits per heavy atom. The molecule has 96 valence electrons. The van der Waals surface area contributed by atoms with Crippen LogP contribution in [0, 0.1) is 17.8 Å². The SMILES string of the molecule is COC(=O)[C@@H]1C(=O)C[C@]2(C)C[C@@H](C(C)C)[C@H]1O2. The highest BCUT2D eigenvalue weighted by Gasteiger charge is 2.57. The molecule has 17 heavy (non-hydrogen) atoms. The summed E-state index contributed by atoms with van der Waals surface area (Å²) in [6.45, 7) is 6.18. The molecule has 2 rings (SSSR count). The third-order valence-electron chi connectivity index (χ3n) is 4.05. The van der Waals surface area contributed by atoms with Crippen LogP contribution in [-0.4, -0.2) is 30.6 Å². The molecule has 2 aliphatic rings. The molecule has 0 aliphatic carbocycles. The molecule has 4 atom stereocenters. The van der Waals surface area contributed by atoms with Crippen LogP contribution in [-0.2, 0) is 19.1 Å². The molecule has 4 heteroatoms. The molecule has 4 nitrogen and oxygen atoms in total. The molecule has 2 aliphatic heterocycles. The number of fused-ring (bicyclic) bond motifs is 2. The van der Waals surface area contributed by atoms with Gasteiger partial charge in [0.25, 0.3) is 0 Å². The van der Waals surface area contributed by atoms with Crippen LogP contribution < -0.4 is 0 Å². The fourth-order valence-electron chi connectivity index (χ4n) is 3.18. The van der Waals surface area contributed by atoms with Crippen LogP contribution in [0.3, 0.4) is 0 Å². The zero-order valence-electron chi connectivity index (χ0n) is 10.9. The largest absolute Gasteiger partial charge is 0.468 e. The highest BCUT2D eigenvalue weighted by molar-refractivity contribution is 6.01. The fraction of sp³-hybridized carbons (Fsp3) is 0.846. The molecule has 0 N–H and O–H groups in total. The van der Waals surface area contributed by atoms with Gasteiger partial charge in [0.05, 0.1) is 18.8 Å². The Morgan fingerprint density at radius 1 is 1.53 bits per heavy atom. The van der Waals surface area contributed by atoms with Gasteiger partial charge in [0, 0.05) is 6.42 Å². The number of carbonyl (C=O) groups excluding carboxylic acids is 2. The van der Waals surface area contributed by atoms with Gasteiger partial charge >= 0.3 is 5.97 Å². The first kappa shape index (κ1) is 12.6. The van der Waals surface area contributed by atoms with E-state index in [1.165, 1.54) is 7.11 Å². The Kier molecular flexibility index (Phi) is 3.02. The van der Waals surface area contributed by atoms with Crippen LogP contribution >= 0.6 is 0 Å². The van der Waals surface area contributed by atoms with Crippen molar-refractivity contribution in [1.29, 1.82) is 0 Å². The Morgan fingerprint density at radius 2 is 2.18 bits per heavy atom. The smallest absolute Gasteiger partial charge is 0.318 e. The molecule has 0 aromatic heterocycles. The lowest BCUT2D eigenvalue weighted by Crippen LogP contribution is -2.46. The van der Waals surface area contributed by atoms with Gasteiger partial charge in [0.1, 0.15) is 5.92 Å². The van der Waals surface area contributed by atoms with Crippen molar-refractivity contribution < 1.29 is 19.1 Å². The van der Waals surface area contributed by atoms with Crippen LogP contribution in [0.25, 0.3) is 0 Å². The highest BCUT2D eigenvalue weighted by Crippen LogP contribution is 2.48. The average Bonchev–Trinajstić information content (AvgIpc) is 2.50. The van der Waals surface area contributed by atoms with Crippen LogP contribution in [0.15, 0.2) is 0 Å². The van der Waals surface area contributed by atoms with Crippen LogP contribution in [0.2, 0.25) is 0 Å². The van der Waals surface area contributed by atoms with Gasteiger partial charge < -0.3 is 9.47 Å². The van der Waals surface area contributed by atoms with Crippen molar-refractivity contribution in [3.63, 3.8) is 0 Å². The third-order valence-corrected chi connectivity index (χ3v) is 4.05. The van der Waals surface area contributed by atoms with Gasteiger partial charge in [-0.15, -0.1) is 0 Å². The molecule has 0 saturated carbocycles. The number of methoxy groups -OCH3 is 1. The van der Waals surface area contributed by atoms with Crippen molar-refractivity contribution in [2.24, 2.45) is 17.8 Å². The normalized spacial score (nSPS) is 40.8. The quantitative estimate of drug-likeness (QED) is 0.543. The zero-order valence-corrected chi connectivity index (χ0v) is 10.9. The Hall–Kier alpha value is -0.900. The van der Waals surface area contributed by atoms with E-state index in [-0.39, 0.29) is 23.4 Å². The highest BCUT2D eigenvalue weighted by atomic mass is 16.5. The maximum atomic E-state index is 12.0. The molecule has 0 radical (unpaired) electrons. The van der Waals surface area contributed by atoms with E-state index in [0.29, 0.717) is 12.3 Å². The first-order chi connectivity index (χ1) is 7.88. The van der Waals surface area contributed by atoms with E-state index in [4.69, 9.17) is 9.47 Å². The minimum atomic E-state index is -0.719. The summed E-state index contributed by atoms with van der Waals surface area (Å²) in [5, 5.41) is 0. The lowest BCUT2D eigenvalue weighted by atomic mass is 9.83. The second-order valence-electron chi connectivity index (χ2n) is 5.79. The van der Waals surface area contributed by atoms with E-state index in [1.807, 2.05) is 6.92 Å². The summed E-state index contributed by atoms with van der Waals surface area (Å²) in [7, 11) is 1.32. The molecule has 0 unspecified atom stereocenters. The zero-order chi connectivity index (χ0) is 12.8. The van der Waals surface area contributed by atoms with Crippen LogP contribution in [0.5, 0.6) is 0 Å². The first-order valence-corrected chi connectivity index (χ1v) is 6.16. The summed E-state index contributed by atoms with van der Waals surface area (Å²) in [6, 6.07) is 0. The lowest BCUT2D eigenvalue weighted by Gasteiger charge is -2.33. The second-order valence-corrected chi connectivity index (χ2v) is 5.79. The summed E-state index contributed by atoms with van der Waals surface area (Å²) in [5.74, 6) is -0.535. The lowest BCUT2D eigenvalue weighted by molar-refractivity contribution is -0.169. The molecule has 2 saturated heterocycles. The van der Waals surface area contributed by atoms with Gasteiger partial charge in [-0.1, -0.05) is 13.8 Å². The predicted molar refractivity (Wildman–Crippen MR) is 61.4 cm³/mol. The van der Waals surface area contributed by atoms with Crippen LogP contribution in [0.1, 0.15) is 33.6 Å². The summed E-state index contributed by atoms with van der Waals surface area (Å²) < 4.78 is 10.7. The van der Waals surface area contributed by atoms with Gasteiger partial charge in [0.2, 0.25) is 0 Å². The van der Waals surface area contributed by atoms with Crippen molar-refractivity contribution in [3.8, 4) is 0 Å². The van der Waals surface area contributed by atoms with E-state index in [0.717, 1.165) is 6.42 Å². The maximum absolute atomic E-state index is 12.0. The molecule has 2 heterocycles. The summed E-state index contributed by atoms with van der Waals surface area (Å²) in [4.78, 5) is 23.8. The monoisotopic (exact) mass is 240 g/mol. The topological polar surface area (TPSA) is 52.6 Å². The molecule has 2 bridgehead atoms. The third kappa shape index (κ3) is 1.99. The predicted octanol–water partition coefficient (Wildman–Crippen LogP) is 1.57. The minimum absolute atomic E-state index is 0.0289. The molecule has 0 spiro atoms. The summed E-state index contributed by atoms with van der Waals surface area (Å²) >= 11 is 0. The number of Topliss-reactive ketones (excluding diaryl/α,β-unsaturated/α-hetero) is 1.